The van der Waals surface area contributed by atoms with Crippen molar-refractivity contribution in [1.82, 2.24) is 4.98 Å². The Morgan fingerprint density at radius 2 is 1.87 bits per heavy atom. The van der Waals surface area contributed by atoms with E-state index in [0.717, 1.165) is 29.0 Å². The third kappa shape index (κ3) is 4.74. The lowest BCUT2D eigenvalue weighted by atomic mass is 10.1. The molecule has 156 valence electrons. The lowest BCUT2D eigenvalue weighted by Crippen LogP contribution is -2.11. The second-order valence-electron chi connectivity index (χ2n) is 6.40. The van der Waals surface area contributed by atoms with Crippen molar-refractivity contribution in [3.05, 3.63) is 63.0 Å². The number of rotatable bonds is 8. The van der Waals surface area contributed by atoms with E-state index in [9.17, 15) is 14.9 Å². The average molecular weight is 427 g/mol. The Labute approximate surface area is 177 Å². The van der Waals surface area contributed by atoms with E-state index in [4.69, 9.17) is 9.47 Å². The third-order valence-electron chi connectivity index (χ3n) is 4.34. The summed E-state index contributed by atoms with van der Waals surface area (Å²) in [5.41, 5.74) is 1.62. The number of carbonyl (C=O) groups is 1. The normalized spacial score (nSPS) is 10.5. The smallest absolute Gasteiger partial charge is 0.270 e. The van der Waals surface area contributed by atoms with Gasteiger partial charge in [-0.05, 0) is 24.6 Å². The predicted octanol–water partition coefficient (Wildman–Crippen LogP) is 4.94. The SMILES string of the molecule is CCCc1sc(NC(=O)c2cccc([N+](=O)[O-])c2)nc1-c1cc(OC)cc(OC)c1. The lowest BCUT2D eigenvalue weighted by Gasteiger charge is -2.08. The van der Waals surface area contributed by atoms with Gasteiger partial charge < -0.3 is 9.47 Å². The molecular formula is C21H21N3O5S. The number of aryl methyl sites for hydroxylation is 1. The maximum Gasteiger partial charge on any atom is 0.270 e. The van der Waals surface area contributed by atoms with Crippen LogP contribution in [-0.4, -0.2) is 30.0 Å². The van der Waals surface area contributed by atoms with E-state index in [1.54, 1.807) is 20.3 Å². The summed E-state index contributed by atoms with van der Waals surface area (Å²) >= 11 is 1.38. The van der Waals surface area contributed by atoms with Crippen LogP contribution in [0.4, 0.5) is 10.8 Å². The topological polar surface area (TPSA) is 104 Å². The fraction of sp³-hybridized carbons (Fsp3) is 0.238. The molecule has 9 heteroatoms. The van der Waals surface area contributed by atoms with Crippen molar-refractivity contribution in [3.63, 3.8) is 0 Å². The van der Waals surface area contributed by atoms with Gasteiger partial charge in [-0.25, -0.2) is 4.98 Å². The summed E-state index contributed by atoms with van der Waals surface area (Å²) in [5, 5.41) is 14.1. The first-order valence-corrected chi connectivity index (χ1v) is 10.1. The van der Waals surface area contributed by atoms with Gasteiger partial charge in [0, 0.05) is 34.2 Å². The number of anilines is 1. The zero-order valence-corrected chi connectivity index (χ0v) is 17.6. The second kappa shape index (κ2) is 9.36. The molecule has 0 saturated heterocycles. The molecular weight excluding hydrogens is 406 g/mol. The molecule has 0 radical (unpaired) electrons. The lowest BCUT2D eigenvalue weighted by molar-refractivity contribution is -0.384. The summed E-state index contributed by atoms with van der Waals surface area (Å²) in [6.07, 6.45) is 1.70. The number of nitro groups is 1. The van der Waals surface area contributed by atoms with Crippen LogP contribution in [0.1, 0.15) is 28.6 Å². The van der Waals surface area contributed by atoms with Crippen molar-refractivity contribution in [3.8, 4) is 22.8 Å². The van der Waals surface area contributed by atoms with Crippen LogP contribution in [0.15, 0.2) is 42.5 Å². The van der Waals surface area contributed by atoms with Gasteiger partial charge in [0.25, 0.3) is 11.6 Å². The van der Waals surface area contributed by atoms with Crippen LogP contribution in [0.5, 0.6) is 11.5 Å². The molecule has 30 heavy (non-hydrogen) atoms. The van der Waals surface area contributed by atoms with Gasteiger partial charge in [-0.2, -0.15) is 0 Å². The first kappa shape index (κ1) is 21.3. The molecule has 0 fully saturated rings. The number of non-ortho nitro benzene ring substituents is 1. The first-order valence-electron chi connectivity index (χ1n) is 9.24. The quantitative estimate of drug-likeness (QED) is 0.403. The van der Waals surface area contributed by atoms with Gasteiger partial charge in [-0.15, -0.1) is 11.3 Å². The fourth-order valence-corrected chi connectivity index (χ4v) is 3.98. The van der Waals surface area contributed by atoms with E-state index < -0.39 is 10.8 Å². The van der Waals surface area contributed by atoms with E-state index in [0.29, 0.717) is 16.6 Å². The van der Waals surface area contributed by atoms with Crippen LogP contribution in [0, 0.1) is 10.1 Å². The highest BCUT2D eigenvalue weighted by atomic mass is 32.1. The first-order chi connectivity index (χ1) is 14.4. The fourth-order valence-electron chi connectivity index (χ4n) is 2.90. The Bertz CT molecular complexity index is 1060. The minimum atomic E-state index is -0.534. The molecule has 0 spiro atoms. The number of benzene rings is 2. The van der Waals surface area contributed by atoms with Gasteiger partial charge in [-0.3, -0.25) is 20.2 Å². The summed E-state index contributed by atoms with van der Waals surface area (Å²) in [5.74, 6) is 0.828. The number of nitro benzene ring substituents is 1. The highest BCUT2D eigenvalue weighted by Gasteiger charge is 2.18. The standard InChI is InChI=1S/C21H21N3O5S/c1-4-6-18-19(14-10-16(28-2)12-17(11-14)29-3)22-21(30-18)23-20(25)13-7-5-8-15(9-13)24(26)27/h5,7-12H,4,6H2,1-3H3,(H,22,23,25). The van der Waals surface area contributed by atoms with Crippen LogP contribution in [-0.2, 0) is 6.42 Å². The van der Waals surface area contributed by atoms with E-state index in [-0.39, 0.29) is 11.3 Å². The maximum atomic E-state index is 12.6. The highest BCUT2D eigenvalue weighted by molar-refractivity contribution is 7.16. The van der Waals surface area contributed by atoms with E-state index in [2.05, 4.69) is 17.2 Å². The molecule has 0 unspecified atom stereocenters. The predicted molar refractivity (Wildman–Crippen MR) is 116 cm³/mol. The molecule has 0 aliphatic rings. The minimum Gasteiger partial charge on any atom is -0.497 e. The van der Waals surface area contributed by atoms with Crippen LogP contribution in [0.2, 0.25) is 0 Å². The Balaban J connectivity index is 1.94. The van der Waals surface area contributed by atoms with E-state index in [1.807, 2.05) is 12.1 Å². The summed E-state index contributed by atoms with van der Waals surface area (Å²) in [6.45, 7) is 2.07. The number of amides is 1. The number of carbonyl (C=O) groups excluding carboxylic acids is 1. The molecule has 0 bridgehead atoms. The van der Waals surface area contributed by atoms with Gasteiger partial charge >= 0.3 is 0 Å². The average Bonchev–Trinajstić information content (AvgIpc) is 3.15. The molecule has 1 amide bonds. The van der Waals surface area contributed by atoms with Crippen molar-refractivity contribution < 1.29 is 19.2 Å². The number of nitrogens with zero attached hydrogens (tertiary/aromatic N) is 2. The number of aromatic nitrogens is 1. The van der Waals surface area contributed by atoms with Gasteiger partial charge in [-0.1, -0.05) is 19.4 Å². The Morgan fingerprint density at radius 1 is 1.17 bits per heavy atom. The molecule has 1 heterocycles. The van der Waals surface area contributed by atoms with Gasteiger partial charge in [0.1, 0.15) is 11.5 Å². The molecule has 2 aromatic carbocycles. The molecule has 1 N–H and O–H groups in total. The molecule has 0 aliphatic carbocycles. The molecule has 1 aromatic heterocycles. The monoisotopic (exact) mass is 427 g/mol. The van der Waals surface area contributed by atoms with Crippen molar-refractivity contribution in [2.24, 2.45) is 0 Å². The van der Waals surface area contributed by atoms with Gasteiger partial charge in [0.2, 0.25) is 0 Å². The van der Waals surface area contributed by atoms with E-state index in [1.165, 1.54) is 35.6 Å². The number of methoxy groups -OCH3 is 2. The molecule has 3 rings (SSSR count). The molecule has 8 nitrogen and oxygen atoms in total. The zero-order chi connectivity index (χ0) is 21.7. The van der Waals surface area contributed by atoms with Gasteiger partial charge in [0.05, 0.1) is 24.8 Å². The summed E-state index contributed by atoms with van der Waals surface area (Å²) in [7, 11) is 3.16. The van der Waals surface area contributed by atoms with Gasteiger partial charge in [0.15, 0.2) is 5.13 Å². The number of ether oxygens (including phenoxy) is 2. The molecule has 0 saturated carbocycles. The summed E-state index contributed by atoms with van der Waals surface area (Å²) in [4.78, 5) is 28.7. The number of hydrogen-bond donors (Lipinski definition) is 1. The number of nitrogens with one attached hydrogen (secondary N) is 1. The highest BCUT2D eigenvalue weighted by Crippen LogP contribution is 2.36. The Morgan fingerprint density at radius 3 is 2.47 bits per heavy atom. The number of hydrogen-bond acceptors (Lipinski definition) is 7. The second-order valence-corrected chi connectivity index (χ2v) is 7.49. The zero-order valence-electron chi connectivity index (χ0n) is 16.8. The van der Waals surface area contributed by atoms with Crippen LogP contribution < -0.4 is 14.8 Å². The van der Waals surface area contributed by atoms with Crippen molar-refractivity contribution >= 4 is 28.1 Å². The third-order valence-corrected chi connectivity index (χ3v) is 5.37. The van der Waals surface area contributed by atoms with Crippen molar-refractivity contribution in [2.45, 2.75) is 19.8 Å². The summed E-state index contributed by atoms with van der Waals surface area (Å²) in [6, 6.07) is 11.1. The summed E-state index contributed by atoms with van der Waals surface area (Å²) < 4.78 is 10.7. The number of thiazole rings is 1. The van der Waals surface area contributed by atoms with Crippen molar-refractivity contribution in [1.29, 1.82) is 0 Å². The van der Waals surface area contributed by atoms with Crippen LogP contribution in [0.25, 0.3) is 11.3 Å². The largest absolute Gasteiger partial charge is 0.497 e. The molecule has 0 aliphatic heterocycles. The minimum absolute atomic E-state index is 0.141. The van der Waals surface area contributed by atoms with Crippen LogP contribution in [0.3, 0.4) is 0 Å². The maximum absolute atomic E-state index is 12.6. The van der Waals surface area contributed by atoms with Crippen molar-refractivity contribution in [2.75, 3.05) is 19.5 Å². The van der Waals surface area contributed by atoms with Crippen LogP contribution >= 0.6 is 11.3 Å². The molecule has 0 atom stereocenters. The Kier molecular flexibility index (Phi) is 6.63. The molecule has 3 aromatic rings. The Hall–Kier alpha value is -3.46. The van der Waals surface area contributed by atoms with E-state index >= 15 is 0 Å².